The lowest BCUT2D eigenvalue weighted by Crippen LogP contribution is -2.38. The highest BCUT2D eigenvalue weighted by molar-refractivity contribution is 7.80. The lowest BCUT2D eigenvalue weighted by Gasteiger charge is -2.26. The van der Waals surface area contributed by atoms with Gasteiger partial charge >= 0.3 is 0 Å². The number of methoxy groups -OCH3 is 2. The highest BCUT2D eigenvalue weighted by Crippen LogP contribution is 2.29. The van der Waals surface area contributed by atoms with Crippen molar-refractivity contribution in [2.45, 2.75) is 20.4 Å². The van der Waals surface area contributed by atoms with Crippen molar-refractivity contribution in [2.24, 2.45) is 5.41 Å². The molecule has 0 unspecified atom stereocenters. The van der Waals surface area contributed by atoms with E-state index in [4.69, 9.17) is 21.7 Å². The second-order valence-corrected chi connectivity index (χ2v) is 6.68. The van der Waals surface area contributed by atoms with Gasteiger partial charge < -0.3 is 24.7 Å². The van der Waals surface area contributed by atoms with E-state index in [1.54, 1.807) is 20.4 Å². The molecule has 130 valence electrons. The molecule has 0 atom stereocenters. The Morgan fingerprint density at radius 2 is 2.00 bits per heavy atom. The molecule has 1 heterocycles. The van der Waals surface area contributed by atoms with Crippen LogP contribution in [0, 0.1) is 5.41 Å². The molecule has 2 N–H and O–H groups in total. The van der Waals surface area contributed by atoms with Crippen LogP contribution < -0.4 is 20.1 Å². The summed E-state index contributed by atoms with van der Waals surface area (Å²) in [4.78, 5) is 4.07. The summed E-state index contributed by atoms with van der Waals surface area (Å²) >= 11 is 5.38. The maximum Gasteiger partial charge on any atom is 0.170 e. The molecule has 0 saturated heterocycles. The molecule has 2 rings (SSSR count). The lowest BCUT2D eigenvalue weighted by atomic mass is 9.93. The van der Waals surface area contributed by atoms with Gasteiger partial charge in [0.25, 0.3) is 0 Å². The predicted octanol–water partition coefficient (Wildman–Crippen LogP) is 2.91. The maximum atomic E-state index is 5.38. The summed E-state index contributed by atoms with van der Waals surface area (Å²) in [7, 11) is 3.22. The minimum Gasteiger partial charge on any atom is -0.493 e. The molecule has 0 aliphatic rings. The molecule has 0 aliphatic carbocycles. The zero-order valence-corrected chi connectivity index (χ0v) is 15.3. The van der Waals surface area contributed by atoms with Crippen LogP contribution in [0.1, 0.15) is 13.8 Å². The van der Waals surface area contributed by atoms with Gasteiger partial charge in [-0.05, 0) is 24.4 Å². The molecule has 24 heavy (non-hydrogen) atoms. The number of rotatable bonds is 7. The zero-order chi connectivity index (χ0) is 17.6. The Balaban J connectivity index is 1.89. The van der Waals surface area contributed by atoms with Gasteiger partial charge in [-0.1, -0.05) is 13.8 Å². The van der Waals surface area contributed by atoms with Crippen molar-refractivity contribution < 1.29 is 9.47 Å². The number of nitrogens with one attached hydrogen (secondary N) is 2. The molecule has 0 saturated carbocycles. The monoisotopic (exact) mass is 348 g/mol. The first kappa shape index (κ1) is 18.1. The van der Waals surface area contributed by atoms with Crippen LogP contribution >= 0.6 is 12.2 Å². The van der Waals surface area contributed by atoms with Gasteiger partial charge in [0.2, 0.25) is 0 Å². The number of anilines is 1. The number of hydrogen-bond acceptors (Lipinski definition) is 4. The van der Waals surface area contributed by atoms with Gasteiger partial charge in [0.05, 0.1) is 20.5 Å². The van der Waals surface area contributed by atoms with E-state index in [0.717, 1.165) is 18.8 Å². The second kappa shape index (κ2) is 8.01. The predicted molar refractivity (Wildman–Crippen MR) is 99.8 cm³/mol. The van der Waals surface area contributed by atoms with E-state index in [1.165, 1.54) is 0 Å². The van der Waals surface area contributed by atoms with Gasteiger partial charge in [0, 0.05) is 42.7 Å². The van der Waals surface area contributed by atoms with Crippen molar-refractivity contribution in [3.05, 3.63) is 36.9 Å². The molecule has 0 spiro atoms. The molecular weight excluding hydrogens is 324 g/mol. The summed E-state index contributed by atoms with van der Waals surface area (Å²) in [6, 6.07) is 5.59. The van der Waals surface area contributed by atoms with Gasteiger partial charge in [-0.2, -0.15) is 0 Å². The van der Waals surface area contributed by atoms with Crippen molar-refractivity contribution >= 4 is 23.0 Å². The molecule has 0 aliphatic heterocycles. The number of aromatic nitrogens is 2. The number of nitrogens with zero attached hydrogens (tertiary/aromatic N) is 2. The van der Waals surface area contributed by atoms with E-state index in [0.29, 0.717) is 16.6 Å². The normalized spacial score (nSPS) is 11.0. The van der Waals surface area contributed by atoms with Gasteiger partial charge in [-0.15, -0.1) is 0 Å². The largest absolute Gasteiger partial charge is 0.493 e. The van der Waals surface area contributed by atoms with Gasteiger partial charge in [0.15, 0.2) is 16.6 Å². The minimum absolute atomic E-state index is 0.0318. The average Bonchev–Trinajstić information content (AvgIpc) is 3.05. The molecule has 2 aromatic rings. The molecular formula is C17H24N4O2S. The second-order valence-electron chi connectivity index (χ2n) is 6.28. The summed E-state index contributed by atoms with van der Waals surface area (Å²) in [6.45, 7) is 5.96. The lowest BCUT2D eigenvalue weighted by molar-refractivity contribution is 0.306. The Bertz CT molecular complexity index is 671. The van der Waals surface area contributed by atoms with Crippen LogP contribution in [0.15, 0.2) is 36.9 Å². The van der Waals surface area contributed by atoms with Crippen LogP contribution in [-0.2, 0) is 6.54 Å². The third-order valence-electron chi connectivity index (χ3n) is 3.54. The summed E-state index contributed by atoms with van der Waals surface area (Å²) in [5.41, 5.74) is 0.877. The van der Waals surface area contributed by atoms with Crippen molar-refractivity contribution in [3.63, 3.8) is 0 Å². The van der Waals surface area contributed by atoms with Crippen molar-refractivity contribution in [3.8, 4) is 11.5 Å². The molecule has 1 aromatic carbocycles. The van der Waals surface area contributed by atoms with Crippen LogP contribution in [0.4, 0.5) is 5.69 Å². The molecule has 0 radical (unpaired) electrons. The van der Waals surface area contributed by atoms with Crippen LogP contribution in [0.3, 0.4) is 0 Å². The van der Waals surface area contributed by atoms with Crippen LogP contribution in [-0.4, -0.2) is 35.4 Å². The standard InChI is InChI=1S/C17H24N4O2S/c1-17(2,11-21-8-7-18-12-21)10-19-16(24)20-13-5-6-14(22-3)15(9-13)23-4/h5-9,12H,10-11H2,1-4H3,(H2,19,20,24). The molecule has 0 bridgehead atoms. The first-order valence-electron chi connectivity index (χ1n) is 7.66. The quantitative estimate of drug-likeness (QED) is 0.750. The van der Waals surface area contributed by atoms with Crippen LogP contribution in [0.25, 0.3) is 0 Å². The minimum atomic E-state index is 0.0318. The topological polar surface area (TPSA) is 60.3 Å². The van der Waals surface area contributed by atoms with Crippen LogP contribution in [0.2, 0.25) is 0 Å². The van der Waals surface area contributed by atoms with Crippen molar-refractivity contribution in [1.29, 1.82) is 0 Å². The smallest absolute Gasteiger partial charge is 0.170 e. The van der Waals surface area contributed by atoms with E-state index >= 15 is 0 Å². The first-order chi connectivity index (χ1) is 11.4. The number of ether oxygens (including phenoxy) is 2. The molecule has 0 amide bonds. The fraction of sp³-hybridized carbons (Fsp3) is 0.412. The SMILES string of the molecule is COc1ccc(NC(=S)NCC(C)(C)Cn2ccnc2)cc1OC. The summed E-state index contributed by atoms with van der Waals surface area (Å²) in [5.74, 6) is 1.34. The number of imidazole rings is 1. The maximum absolute atomic E-state index is 5.38. The number of benzene rings is 1. The zero-order valence-electron chi connectivity index (χ0n) is 14.5. The van der Waals surface area contributed by atoms with Crippen LogP contribution in [0.5, 0.6) is 11.5 Å². The van der Waals surface area contributed by atoms with E-state index in [2.05, 4.69) is 34.0 Å². The van der Waals surface area contributed by atoms with E-state index in [-0.39, 0.29) is 5.41 Å². The summed E-state index contributed by atoms with van der Waals surface area (Å²) < 4.78 is 12.6. The summed E-state index contributed by atoms with van der Waals surface area (Å²) in [6.07, 6.45) is 5.57. The van der Waals surface area contributed by atoms with Crippen molar-refractivity contribution in [1.82, 2.24) is 14.9 Å². The van der Waals surface area contributed by atoms with Gasteiger partial charge in [-0.25, -0.2) is 4.98 Å². The molecule has 7 heteroatoms. The number of hydrogen-bond donors (Lipinski definition) is 2. The van der Waals surface area contributed by atoms with E-state index < -0.39 is 0 Å². The number of thiocarbonyl (C=S) groups is 1. The third kappa shape index (κ3) is 5.13. The Hall–Kier alpha value is -2.28. The van der Waals surface area contributed by atoms with E-state index in [9.17, 15) is 0 Å². The van der Waals surface area contributed by atoms with Gasteiger partial charge in [0.1, 0.15) is 0 Å². The summed E-state index contributed by atoms with van der Waals surface area (Å²) in [5, 5.41) is 7.00. The Morgan fingerprint density at radius 3 is 2.62 bits per heavy atom. The molecule has 1 aromatic heterocycles. The highest BCUT2D eigenvalue weighted by Gasteiger charge is 2.19. The molecule has 6 nitrogen and oxygen atoms in total. The third-order valence-corrected chi connectivity index (χ3v) is 3.79. The fourth-order valence-corrected chi connectivity index (χ4v) is 2.53. The Kier molecular flexibility index (Phi) is 6.03. The average molecular weight is 348 g/mol. The Labute approximate surface area is 148 Å². The first-order valence-corrected chi connectivity index (χ1v) is 8.07. The van der Waals surface area contributed by atoms with E-state index in [1.807, 2.05) is 30.7 Å². The van der Waals surface area contributed by atoms with Gasteiger partial charge in [-0.3, -0.25) is 0 Å². The Morgan fingerprint density at radius 1 is 1.25 bits per heavy atom. The fourth-order valence-electron chi connectivity index (χ4n) is 2.34. The highest BCUT2D eigenvalue weighted by atomic mass is 32.1. The van der Waals surface area contributed by atoms with Crippen molar-refractivity contribution in [2.75, 3.05) is 26.1 Å². The molecule has 0 fully saturated rings.